The zero-order chi connectivity index (χ0) is 10.3. The van der Waals surface area contributed by atoms with E-state index in [1.807, 2.05) is 12.2 Å². The maximum Gasteiger partial charge on any atom is -0.0274 e. The van der Waals surface area contributed by atoms with Crippen LogP contribution in [0.25, 0.3) is 0 Å². The van der Waals surface area contributed by atoms with Crippen molar-refractivity contribution in [2.24, 2.45) is 5.92 Å². The smallest absolute Gasteiger partial charge is 0.0274 e. The molecular weight excluding hydrogens is 156 g/mol. The number of hydrogen-bond acceptors (Lipinski definition) is 0. The summed E-state index contributed by atoms with van der Waals surface area (Å²) in [4.78, 5) is 0. The zero-order valence-electron chi connectivity index (χ0n) is 9.27. The molecule has 0 aromatic carbocycles. The van der Waals surface area contributed by atoms with Crippen LogP contribution in [0.2, 0.25) is 0 Å². The molecule has 1 unspecified atom stereocenters. The minimum atomic E-state index is 0.813. The van der Waals surface area contributed by atoms with Gasteiger partial charge in [0, 0.05) is 0 Å². The van der Waals surface area contributed by atoms with Gasteiger partial charge in [-0.2, -0.15) is 0 Å². The molecule has 1 atom stereocenters. The first kappa shape index (κ1) is 12.2. The monoisotopic (exact) mass is 178 g/mol. The molecule has 0 saturated heterocycles. The summed E-state index contributed by atoms with van der Waals surface area (Å²) in [6.07, 6.45) is 7.52. The lowest BCUT2D eigenvalue weighted by atomic mass is 9.96. The SMILES string of the molecule is C=C/C(C)=C(\C=C)CCC(C)CC. The molecule has 0 aromatic heterocycles. The molecule has 0 heteroatoms. The van der Waals surface area contributed by atoms with E-state index in [2.05, 4.69) is 33.9 Å². The normalized spacial score (nSPS) is 14.7. The second-order valence-corrected chi connectivity index (χ2v) is 3.67. The van der Waals surface area contributed by atoms with Crippen molar-refractivity contribution in [1.29, 1.82) is 0 Å². The average molecular weight is 178 g/mol. The van der Waals surface area contributed by atoms with Gasteiger partial charge in [-0.25, -0.2) is 0 Å². The summed E-state index contributed by atoms with van der Waals surface area (Å²) in [5, 5.41) is 0. The summed E-state index contributed by atoms with van der Waals surface area (Å²) in [5.41, 5.74) is 2.61. The summed E-state index contributed by atoms with van der Waals surface area (Å²) in [6.45, 7) is 14.2. The average Bonchev–Trinajstić information content (AvgIpc) is 2.17. The van der Waals surface area contributed by atoms with E-state index in [4.69, 9.17) is 0 Å². The molecule has 0 aliphatic carbocycles. The van der Waals surface area contributed by atoms with Crippen LogP contribution in [0.5, 0.6) is 0 Å². The Labute approximate surface area is 83.0 Å². The molecule has 0 spiro atoms. The van der Waals surface area contributed by atoms with Gasteiger partial charge in [0.2, 0.25) is 0 Å². The number of hydrogen-bond donors (Lipinski definition) is 0. The molecule has 0 saturated carbocycles. The Bertz CT molecular complexity index is 196. The van der Waals surface area contributed by atoms with Gasteiger partial charge in [0.15, 0.2) is 0 Å². The first-order valence-corrected chi connectivity index (χ1v) is 5.10. The summed E-state index contributed by atoms with van der Waals surface area (Å²) in [5.74, 6) is 0.813. The molecular formula is C13H22. The van der Waals surface area contributed by atoms with Crippen molar-refractivity contribution in [2.45, 2.75) is 40.0 Å². The van der Waals surface area contributed by atoms with Gasteiger partial charge in [-0.3, -0.25) is 0 Å². The topological polar surface area (TPSA) is 0 Å². The van der Waals surface area contributed by atoms with Crippen LogP contribution in [-0.2, 0) is 0 Å². The summed E-state index contributed by atoms with van der Waals surface area (Å²) >= 11 is 0. The standard InChI is InChI=1S/C13H22/c1-6-11(4)9-10-13(8-3)12(5)7-2/h7-8,11H,2-3,6,9-10H2,1,4-5H3/b13-12+. The fourth-order valence-corrected chi connectivity index (χ4v) is 1.20. The third-order valence-electron chi connectivity index (χ3n) is 2.66. The summed E-state index contributed by atoms with van der Waals surface area (Å²) in [6, 6.07) is 0. The lowest BCUT2D eigenvalue weighted by molar-refractivity contribution is 0.517. The first-order chi connectivity index (χ1) is 6.15. The lowest BCUT2D eigenvalue weighted by Gasteiger charge is -2.09. The molecule has 0 bridgehead atoms. The third kappa shape index (κ3) is 4.72. The van der Waals surface area contributed by atoms with Crippen LogP contribution in [0.15, 0.2) is 36.5 Å². The molecule has 0 fully saturated rings. The molecule has 0 N–H and O–H groups in total. The minimum absolute atomic E-state index is 0.813. The van der Waals surface area contributed by atoms with Crippen LogP contribution in [0.4, 0.5) is 0 Å². The van der Waals surface area contributed by atoms with Crippen molar-refractivity contribution in [3.05, 3.63) is 36.5 Å². The number of allylic oxidation sites excluding steroid dienone is 4. The Kier molecular flexibility index (Phi) is 6.30. The molecule has 0 aliphatic heterocycles. The molecule has 0 amide bonds. The Morgan fingerprint density at radius 2 is 1.92 bits per heavy atom. The lowest BCUT2D eigenvalue weighted by Crippen LogP contribution is -1.93. The second kappa shape index (κ2) is 6.71. The van der Waals surface area contributed by atoms with Crippen molar-refractivity contribution in [3.8, 4) is 0 Å². The highest BCUT2D eigenvalue weighted by atomic mass is 14.1. The maximum atomic E-state index is 3.83. The molecule has 0 radical (unpaired) electrons. The van der Waals surface area contributed by atoms with Gasteiger partial charge in [0.25, 0.3) is 0 Å². The van der Waals surface area contributed by atoms with E-state index in [0.717, 1.165) is 12.3 Å². The predicted molar refractivity (Wildman–Crippen MR) is 61.8 cm³/mol. The van der Waals surface area contributed by atoms with E-state index in [0.29, 0.717) is 0 Å². The molecule has 0 heterocycles. The van der Waals surface area contributed by atoms with Gasteiger partial charge >= 0.3 is 0 Å². The Morgan fingerprint density at radius 1 is 1.31 bits per heavy atom. The van der Waals surface area contributed by atoms with Crippen molar-refractivity contribution in [1.82, 2.24) is 0 Å². The van der Waals surface area contributed by atoms with Gasteiger partial charge in [0.1, 0.15) is 0 Å². The van der Waals surface area contributed by atoms with E-state index in [9.17, 15) is 0 Å². The van der Waals surface area contributed by atoms with Crippen molar-refractivity contribution < 1.29 is 0 Å². The third-order valence-corrected chi connectivity index (χ3v) is 2.66. The van der Waals surface area contributed by atoms with Gasteiger partial charge in [-0.15, -0.1) is 0 Å². The van der Waals surface area contributed by atoms with Crippen LogP contribution in [0, 0.1) is 5.92 Å². The van der Waals surface area contributed by atoms with E-state index >= 15 is 0 Å². The molecule has 74 valence electrons. The fraction of sp³-hybridized carbons (Fsp3) is 0.538. The maximum absolute atomic E-state index is 3.83. The van der Waals surface area contributed by atoms with Gasteiger partial charge in [-0.05, 0) is 36.8 Å². The van der Waals surface area contributed by atoms with E-state index in [-0.39, 0.29) is 0 Å². The van der Waals surface area contributed by atoms with E-state index in [1.54, 1.807) is 0 Å². The largest absolute Gasteiger partial charge is 0.0988 e. The highest BCUT2D eigenvalue weighted by molar-refractivity contribution is 5.29. The molecule has 13 heavy (non-hydrogen) atoms. The van der Waals surface area contributed by atoms with E-state index in [1.165, 1.54) is 24.0 Å². The zero-order valence-corrected chi connectivity index (χ0v) is 9.27. The van der Waals surface area contributed by atoms with E-state index < -0.39 is 0 Å². The van der Waals surface area contributed by atoms with Crippen LogP contribution < -0.4 is 0 Å². The second-order valence-electron chi connectivity index (χ2n) is 3.67. The minimum Gasteiger partial charge on any atom is -0.0988 e. The van der Waals surface area contributed by atoms with Gasteiger partial charge < -0.3 is 0 Å². The van der Waals surface area contributed by atoms with Crippen molar-refractivity contribution in [2.75, 3.05) is 0 Å². The van der Waals surface area contributed by atoms with Crippen molar-refractivity contribution in [3.63, 3.8) is 0 Å². The van der Waals surface area contributed by atoms with Crippen LogP contribution >= 0.6 is 0 Å². The quantitative estimate of drug-likeness (QED) is 0.525. The Balaban J connectivity index is 4.15. The first-order valence-electron chi connectivity index (χ1n) is 5.10. The molecule has 0 aromatic rings. The molecule has 0 nitrogen and oxygen atoms in total. The van der Waals surface area contributed by atoms with Crippen molar-refractivity contribution >= 4 is 0 Å². The van der Waals surface area contributed by atoms with Crippen LogP contribution in [0.3, 0.4) is 0 Å². The molecule has 0 aliphatic rings. The Hall–Kier alpha value is -0.780. The highest BCUT2D eigenvalue weighted by Gasteiger charge is 2.01. The number of rotatable bonds is 6. The molecule has 0 rings (SSSR count). The van der Waals surface area contributed by atoms with Crippen LogP contribution in [-0.4, -0.2) is 0 Å². The summed E-state index contributed by atoms with van der Waals surface area (Å²) in [7, 11) is 0. The van der Waals surface area contributed by atoms with Gasteiger partial charge in [-0.1, -0.05) is 45.6 Å². The predicted octanol–water partition coefficient (Wildman–Crippen LogP) is 4.50. The fourth-order valence-electron chi connectivity index (χ4n) is 1.20. The summed E-state index contributed by atoms with van der Waals surface area (Å²) < 4.78 is 0. The van der Waals surface area contributed by atoms with Crippen LogP contribution in [0.1, 0.15) is 40.0 Å². The van der Waals surface area contributed by atoms with Gasteiger partial charge in [0.05, 0.1) is 0 Å². The Morgan fingerprint density at radius 3 is 2.31 bits per heavy atom. The highest BCUT2D eigenvalue weighted by Crippen LogP contribution is 2.18.